The summed E-state index contributed by atoms with van der Waals surface area (Å²) in [5.74, 6) is 3.11. The first-order valence-corrected chi connectivity index (χ1v) is 7.33. The maximum Gasteiger partial charge on any atom is 0.140 e. The highest BCUT2D eigenvalue weighted by molar-refractivity contribution is 5.84. The zero-order valence-electron chi connectivity index (χ0n) is 11.8. The molecule has 1 aromatic rings. The molecule has 0 aliphatic heterocycles. The number of aryl methyl sites for hydroxylation is 1. The third-order valence-electron chi connectivity index (χ3n) is 4.95. The fraction of sp³-hybridized carbons (Fsp3) is 0.588. The molecular weight excluding hydrogens is 236 g/mol. The largest absolute Gasteiger partial charge is 0.496 e. The summed E-state index contributed by atoms with van der Waals surface area (Å²) in [6.45, 7) is 2.06. The van der Waals surface area contributed by atoms with Crippen molar-refractivity contribution in [3.8, 4) is 5.75 Å². The van der Waals surface area contributed by atoms with Crippen molar-refractivity contribution in [2.45, 2.75) is 39.0 Å². The topological polar surface area (TPSA) is 26.3 Å². The van der Waals surface area contributed by atoms with Crippen molar-refractivity contribution in [1.82, 2.24) is 0 Å². The van der Waals surface area contributed by atoms with E-state index in [0.717, 1.165) is 23.7 Å². The molecule has 0 spiro atoms. The van der Waals surface area contributed by atoms with E-state index in [1.807, 2.05) is 12.1 Å². The van der Waals surface area contributed by atoms with Gasteiger partial charge in [-0.2, -0.15) is 0 Å². The van der Waals surface area contributed by atoms with Gasteiger partial charge >= 0.3 is 0 Å². The Balaban J connectivity index is 1.74. The van der Waals surface area contributed by atoms with Crippen LogP contribution >= 0.6 is 0 Å². The van der Waals surface area contributed by atoms with Gasteiger partial charge in [-0.1, -0.05) is 24.1 Å². The van der Waals surface area contributed by atoms with Crippen LogP contribution in [0, 0.1) is 24.7 Å². The molecule has 1 aromatic carbocycles. The van der Waals surface area contributed by atoms with Gasteiger partial charge in [0.25, 0.3) is 0 Å². The number of Topliss-reactive ketones (excluding diaryl/α,β-unsaturated/α-hetero) is 1. The first kappa shape index (κ1) is 12.7. The highest BCUT2D eigenvalue weighted by atomic mass is 16.5. The lowest BCUT2D eigenvalue weighted by molar-refractivity contribution is -0.123. The summed E-state index contributed by atoms with van der Waals surface area (Å²) in [5, 5.41) is 0. The molecule has 3 unspecified atom stereocenters. The molecule has 102 valence electrons. The van der Waals surface area contributed by atoms with Crippen LogP contribution in [0.1, 0.15) is 36.8 Å². The average molecular weight is 258 g/mol. The molecule has 0 radical (unpaired) electrons. The summed E-state index contributed by atoms with van der Waals surface area (Å²) in [6, 6.07) is 6.09. The lowest BCUT2D eigenvalue weighted by atomic mass is 9.83. The number of benzene rings is 1. The molecule has 3 rings (SSSR count). The summed E-state index contributed by atoms with van der Waals surface area (Å²) >= 11 is 0. The molecule has 2 aliphatic carbocycles. The van der Waals surface area contributed by atoms with Crippen LogP contribution in [0.3, 0.4) is 0 Å². The second kappa shape index (κ2) is 4.99. The van der Waals surface area contributed by atoms with Crippen LogP contribution in [0.2, 0.25) is 0 Å². The molecule has 2 bridgehead atoms. The van der Waals surface area contributed by atoms with E-state index in [-0.39, 0.29) is 0 Å². The monoisotopic (exact) mass is 258 g/mol. The average Bonchev–Trinajstić information content (AvgIpc) is 3.01. The van der Waals surface area contributed by atoms with E-state index in [1.54, 1.807) is 7.11 Å². The van der Waals surface area contributed by atoms with E-state index in [4.69, 9.17) is 4.74 Å². The maximum atomic E-state index is 12.5. The van der Waals surface area contributed by atoms with Gasteiger partial charge in [0.1, 0.15) is 11.5 Å². The van der Waals surface area contributed by atoms with Crippen molar-refractivity contribution >= 4 is 5.78 Å². The van der Waals surface area contributed by atoms with Crippen molar-refractivity contribution < 1.29 is 9.53 Å². The Morgan fingerprint density at radius 1 is 1.32 bits per heavy atom. The molecule has 0 aromatic heterocycles. The van der Waals surface area contributed by atoms with Crippen LogP contribution in [0.5, 0.6) is 5.75 Å². The standard InChI is InChI=1S/C17H22O2/c1-11-3-6-17(19-2)14(7-11)10-16(18)15-9-12-4-5-13(15)8-12/h3,6-7,12-13,15H,4-5,8-10H2,1-2H3. The van der Waals surface area contributed by atoms with Crippen LogP contribution in [-0.4, -0.2) is 12.9 Å². The molecule has 0 heterocycles. The normalized spacial score (nSPS) is 28.6. The number of hydrogen-bond donors (Lipinski definition) is 0. The summed E-state index contributed by atoms with van der Waals surface area (Å²) in [7, 11) is 1.68. The Bertz CT molecular complexity index is 492. The number of carbonyl (C=O) groups excluding carboxylic acids is 1. The maximum absolute atomic E-state index is 12.5. The number of carbonyl (C=O) groups is 1. The third kappa shape index (κ3) is 2.41. The summed E-state index contributed by atoms with van der Waals surface area (Å²) in [5.41, 5.74) is 2.24. The van der Waals surface area contributed by atoms with Crippen molar-refractivity contribution in [1.29, 1.82) is 0 Å². The zero-order valence-corrected chi connectivity index (χ0v) is 11.8. The van der Waals surface area contributed by atoms with E-state index in [2.05, 4.69) is 13.0 Å². The van der Waals surface area contributed by atoms with E-state index >= 15 is 0 Å². The first-order chi connectivity index (χ1) is 9.17. The van der Waals surface area contributed by atoms with Gasteiger partial charge in [0.05, 0.1) is 7.11 Å². The number of methoxy groups -OCH3 is 1. The number of hydrogen-bond acceptors (Lipinski definition) is 2. The molecule has 2 saturated carbocycles. The van der Waals surface area contributed by atoms with Gasteiger partial charge < -0.3 is 4.74 Å². The predicted molar refractivity (Wildman–Crippen MR) is 75.4 cm³/mol. The molecule has 0 saturated heterocycles. The molecule has 0 amide bonds. The molecule has 2 fully saturated rings. The number of fused-ring (bicyclic) bond motifs is 2. The predicted octanol–water partition coefficient (Wildman–Crippen LogP) is 3.55. The van der Waals surface area contributed by atoms with Gasteiger partial charge in [-0.25, -0.2) is 0 Å². The van der Waals surface area contributed by atoms with Crippen LogP contribution in [-0.2, 0) is 11.2 Å². The van der Waals surface area contributed by atoms with E-state index in [1.165, 1.54) is 24.8 Å². The Kier molecular flexibility index (Phi) is 3.34. The zero-order chi connectivity index (χ0) is 13.4. The van der Waals surface area contributed by atoms with Gasteiger partial charge in [-0.3, -0.25) is 4.79 Å². The van der Waals surface area contributed by atoms with Gasteiger partial charge in [-0.05, 0) is 44.1 Å². The highest BCUT2D eigenvalue weighted by Crippen LogP contribution is 2.49. The quantitative estimate of drug-likeness (QED) is 0.825. The van der Waals surface area contributed by atoms with Crippen LogP contribution in [0.15, 0.2) is 18.2 Å². The Hall–Kier alpha value is -1.31. The van der Waals surface area contributed by atoms with Crippen molar-refractivity contribution in [3.63, 3.8) is 0 Å². The highest BCUT2D eigenvalue weighted by Gasteiger charge is 2.42. The molecule has 0 N–H and O–H groups in total. The smallest absolute Gasteiger partial charge is 0.140 e. The SMILES string of the molecule is COc1ccc(C)cc1CC(=O)C1CC2CCC1C2. The number of ether oxygens (including phenoxy) is 1. The van der Waals surface area contributed by atoms with Gasteiger partial charge in [-0.15, -0.1) is 0 Å². The second-order valence-electron chi connectivity index (χ2n) is 6.24. The summed E-state index contributed by atoms with van der Waals surface area (Å²) in [6.07, 6.45) is 5.59. The van der Waals surface area contributed by atoms with Gasteiger partial charge in [0.15, 0.2) is 0 Å². The lowest BCUT2D eigenvalue weighted by Crippen LogP contribution is -2.22. The first-order valence-electron chi connectivity index (χ1n) is 7.33. The number of rotatable bonds is 4. The van der Waals surface area contributed by atoms with E-state index in [9.17, 15) is 4.79 Å². The molecule has 2 heteroatoms. The minimum atomic E-state index is 0.323. The van der Waals surface area contributed by atoms with Gasteiger partial charge in [0.2, 0.25) is 0 Å². The third-order valence-corrected chi connectivity index (χ3v) is 4.95. The van der Waals surface area contributed by atoms with E-state index < -0.39 is 0 Å². The molecular formula is C17H22O2. The van der Waals surface area contributed by atoms with Crippen molar-refractivity contribution in [2.24, 2.45) is 17.8 Å². The van der Waals surface area contributed by atoms with Crippen LogP contribution in [0.4, 0.5) is 0 Å². The Morgan fingerprint density at radius 2 is 2.16 bits per heavy atom. The van der Waals surface area contributed by atoms with Crippen molar-refractivity contribution in [2.75, 3.05) is 7.11 Å². The Morgan fingerprint density at radius 3 is 2.79 bits per heavy atom. The summed E-state index contributed by atoms with van der Waals surface area (Å²) < 4.78 is 5.37. The fourth-order valence-electron chi connectivity index (χ4n) is 4.00. The fourth-order valence-corrected chi connectivity index (χ4v) is 4.00. The van der Waals surface area contributed by atoms with Crippen molar-refractivity contribution in [3.05, 3.63) is 29.3 Å². The van der Waals surface area contributed by atoms with Crippen LogP contribution in [0.25, 0.3) is 0 Å². The molecule has 3 atom stereocenters. The molecule has 2 nitrogen and oxygen atoms in total. The minimum absolute atomic E-state index is 0.323. The second-order valence-corrected chi connectivity index (χ2v) is 6.24. The Labute approximate surface area is 115 Å². The molecule has 2 aliphatic rings. The number of ketones is 1. The minimum Gasteiger partial charge on any atom is -0.496 e. The summed E-state index contributed by atoms with van der Waals surface area (Å²) in [4.78, 5) is 12.5. The van der Waals surface area contributed by atoms with E-state index in [0.29, 0.717) is 24.0 Å². The van der Waals surface area contributed by atoms with Gasteiger partial charge in [0, 0.05) is 17.9 Å². The van der Waals surface area contributed by atoms with Crippen LogP contribution < -0.4 is 4.74 Å². The molecule has 19 heavy (non-hydrogen) atoms. The lowest BCUT2D eigenvalue weighted by Gasteiger charge is -2.20.